The van der Waals surface area contributed by atoms with Crippen molar-refractivity contribution in [3.05, 3.63) is 81.8 Å². The number of hydrogen-bond acceptors (Lipinski definition) is 5. The maximum atomic E-state index is 13.8. The van der Waals surface area contributed by atoms with Crippen molar-refractivity contribution < 1.29 is 0 Å². The van der Waals surface area contributed by atoms with Crippen molar-refractivity contribution in [2.45, 2.75) is 44.6 Å². The second-order valence-electron chi connectivity index (χ2n) is 8.88. The highest BCUT2D eigenvalue weighted by Crippen LogP contribution is 2.35. The van der Waals surface area contributed by atoms with Crippen LogP contribution in [-0.4, -0.2) is 40.5 Å². The van der Waals surface area contributed by atoms with E-state index in [1.165, 1.54) is 0 Å². The Kier molecular flexibility index (Phi) is 6.25. The van der Waals surface area contributed by atoms with Crippen molar-refractivity contribution in [2.75, 3.05) is 0 Å². The SMILES string of the molecule is CCCCc1cn(-c2c(Cl)ccn2C)c(=O)n1CC1(c2cccc(-c3nn[nH]n3)c2)C=CN=CC1. The molecule has 0 fully saturated rings. The molecule has 1 atom stereocenters. The fourth-order valence-corrected chi connectivity index (χ4v) is 4.95. The summed E-state index contributed by atoms with van der Waals surface area (Å²) in [6.45, 7) is 2.62. The second-order valence-corrected chi connectivity index (χ2v) is 9.29. The number of hydrogen-bond donors (Lipinski definition) is 1. The molecular formula is C25H27ClN8O. The molecule has 0 radical (unpaired) electrons. The van der Waals surface area contributed by atoms with Crippen LogP contribution in [0.5, 0.6) is 0 Å². The minimum atomic E-state index is -0.462. The summed E-state index contributed by atoms with van der Waals surface area (Å²) in [7, 11) is 1.89. The van der Waals surface area contributed by atoms with Crippen molar-refractivity contribution in [1.82, 2.24) is 34.3 Å². The van der Waals surface area contributed by atoms with Gasteiger partial charge in [0.2, 0.25) is 5.82 Å². The Hall–Kier alpha value is -3.72. The van der Waals surface area contributed by atoms with Crippen molar-refractivity contribution in [3.8, 4) is 17.2 Å². The number of tetrazole rings is 1. The standard InChI is InChI=1S/C25H27ClN8O/c1-3-4-8-20-16-33(23-21(26)9-14-32(23)2)24(35)34(20)17-25(10-12-27-13-11-25)19-7-5-6-18(15-19)22-28-30-31-29-22/h5-7,9-10,12-16H,3-4,8,11,17H2,1-2H3,(H,28,29,30,31). The van der Waals surface area contributed by atoms with Crippen molar-refractivity contribution >= 4 is 17.8 Å². The number of unbranched alkanes of at least 4 members (excludes halogenated alkanes) is 1. The number of H-pyrrole nitrogens is 1. The van der Waals surface area contributed by atoms with Crippen LogP contribution in [0.15, 0.2) is 64.8 Å². The first kappa shape index (κ1) is 23.0. The first-order chi connectivity index (χ1) is 17.0. The molecule has 1 N–H and O–H groups in total. The summed E-state index contributed by atoms with van der Waals surface area (Å²) < 4.78 is 5.43. The van der Waals surface area contributed by atoms with Crippen LogP contribution >= 0.6 is 11.6 Å². The summed E-state index contributed by atoms with van der Waals surface area (Å²) in [6, 6.07) is 9.89. The van der Waals surface area contributed by atoms with Gasteiger partial charge in [0.15, 0.2) is 0 Å². The third-order valence-electron chi connectivity index (χ3n) is 6.59. The first-order valence-electron chi connectivity index (χ1n) is 11.7. The maximum Gasteiger partial charge on any atom is 0.334 e. The highest BCUT2D eigenvalue weighted by Gasteiger charge is 2.33. The normalized spacial score (nSPS) is 17.3. The molecule has 1 aliphatic heterocycles. The average Bonchev–Trinajstić information content (AvgIpc) is 3.60. The van der Waals surface area contributed by atoms with Gasteiger partial charge < -0.3 is 4.57 Å². The Bertz CT molecular complexity index is 1420. The van der Waals surface area contributed by atoms with E-state index in [2.05, 4.69) is 50.7 Å². The lowest BCUT2D eigenvalue weighted by Gasteiger charge is -2.32. The lowest BCUT2D eigenvalue weighted by atomic mass is 9.76. The number of aromatic amines is 1. The molecule has 3 aromatic heterocycles. The van der Waals surface area contributed by atoms with Gasteiger partial charge in [-0.2, -0.15) is 5.21 Å². The van der Waals surface area contributed by atoms with Gasteiger partial charge in [-0.15, -0.1) is 10.2 Å². The summed E-state index contributed by atoms with van der Waals surface area (Å²) in [4.78, 5) is 18.1. The van der Waals surface area contributed by atoms with Gasteiger partial charge in [0.25, 0.3) is 0 Å². The Morgan fingerprint density at radius 1 is 1.26 bits per heavy atom. The summed E-state index contributed by atoms with van der Waals surface area (Å²) >= 11 is 6.46. The molecule has 9 nitrogen and oxygen atoms in total. The van der Waals surface area contributed by atoms with E-state index in [1.807, 2.05) is 53.1 Å². The van der Waals surface area contributed by atoms with Gasteiger partial charge in [-0.05, 0) is 42.2 Å². The summed E-state index contributed by atoms with van der Waals surface area (Å²) in [5, 5.41) is 15.0. The first-order valence-corrected chi connectivity index (χ1v) is 12.1. The van der Waals surface area contributed by atoms with Crippen LogP contribution in [-0.2, 0) is 25.4 Å². The van der Waals surface area contributed by atoms with E-state index < -0.39 is 5.41 Å². The zero-order valence-corrected chi connectivity index (χ0v) is 20.5. The van der Waals surface area contributed by atoms with Gasteiger partial charge in [0, 0.05) is 55.1 Å². The van der Waals surface area contributed by atoms with E-state index >= 15 is 0 Å². The Labute approximate surface area is 207 Å². The summed E-state index contributed by atoms with van der Waals surface area (Å²) in [5.74, 6) is 1.20. The Morgan fingerprint density at radius 3 is 2.83 bits per heavy atom. The maximum absolute atomic E-state index is 13.8. The number of aliphatic imine (C=N–C) groups is 1. The zero-order valence-electron chi connectivity index (χ0n) is 19.7. The largest absolute Gasteiger partial charge is 0.336 e. The van der Waals surface area contributed by atoms with Crippen molar-refractivity contribution in [2.24, 2.45) is 12.0 Å². The number of allylic oxidation sites excluding steroid dienone is 1. The fourth-order valence-electron chi connectivity index (χ4n) is 4.67. The molecule has 5 rings (SSSR count). The number of nitrogens with zero attached hydrogens (tertiary/aromatic N) is 7. The number of aryl methyl sites for hydroxylation is 2. The molecule has 0 saturated heterocycles. The minimum absolute atomic E-state index is 0.107. The van der Waals surface area contributed by atoms with Crippen LogP contribution < -0.4 is 5.69 Å². The summed E-state index contributed by atoms with van der Waals surface area (Å²) in [5.41, 5.74) is 2.33. The quantitative estimate of drug-likeness (QED) is 0.402. The Balaban J connectivity index is 1.62. The molecule has 4 aromatic rings. The van der Waals surface area contributed by atoms with E-state index in [1.54, 1.807) is 10.6 Å². The monoisotopic (exact) mass is 490 g/mol. The molecule has 0 saturated carbocycles. The molecule has 0 bridgehead atoms. The van der Waals surface area contributed by atoms with Gasteiger partial charge >= 0.3 is 5.69 Å². The second kappa shape index (κ2) is 9.50. The molecule has 1 aliphatic rings. The number of nitrogens with one attached hydrogen (secondary N) is 1. The lowest BCUT2D eigenvalue weighted by molar-refractivity contribution is 0.438. The minimum Gasteiger partial charge on any atom is -0.336 e. The van der Waals surface area contributed by atoms with Gasteiger partial charge in [-0.1, -0.05) is 49.2 Å². The molecule has 4 heterocycles. The van der Waals surface area contributed by atoms with Gasteiger partial charge in [-0.3, -0.25) is 14.1 Å². The predicted octanol–water partition coefficient (Wildman–Crippen LogP) is 4.08. The molecular weight excluding hydrogens is 464 g/mol. The van der Waals surface area contributed by atoms with Gasteiger partial charge in [0.1, 0.15) is 5.82 Å². The lowest BCUT2D eigenvalue weighted by Crippen LogP contribution is -2.37. The van der Waals surface area contributed by atoms with Crippen molar-refractivity contribution in [3.63, 3.8) is 0 Å². The van der Waals surface area contributed by atoms with E-state index in [9.17, 15) is 4.79 Å². The van der Waals surface area contributed by atoms with E-state index in [0.717, 1.165) is 36.1 Å². The number of benzene rings is 1. The molecule has 0 amide bonds. The van der Waals surface area contributed by atoms with Crippen LogP contribution in [0.3, 0.4) is 0 Å². The fraction of sp³-hybridized carbons (Fsp3) is 0.320. The van der Waals surface area contributed by atoms with Crippen LogP contribution in [0.1, 0.15) is 37.4 Å². The molecule has 0 spiro atoms. The third-order valence-corrected chi connectivity index (χ3v) is 6.89. The van der Waals surface area contributed by atoms with E-state index in [0.29, 0.717) is 29.6 Å². The van der Waals surface area contributed by atoms with Crippen LogP contribution in [0, 0.1) is 0 Å². The number of halogens is 1. The number of imidazole rings is 1. The predicted molar refractivity (Wildman–Crippen MR) is 136 cm³/mol. The highest BCUT2D eigenvalue weighted by atomic mass is 35.5. The molecule has 1 aromatic carbocycles. The van der Waals surface area contributed by atoms with Crippen LogP contribution in [0.2, 0.25) is 5.02 Å². The van der Waals surface area contributed by atoms with Gasteiger partial charge in [-0.25, -0.2) is 4.79 Å². The molecule has 0 aliphatic carbocycles. The smallest absolute Gasteiger partial charge is 0.334 e. The molecule has 35 heavy (non-hydrogen) atoms. The summed E-state index contributed by atoms with van der Waals surface area (Å²) in [6.07, 6.45) is 13.1. The van der Waals surface area contributed by atoms with Gasteiger partial charge in [0.05, 0.1) is 5.02 Å². The highest BCUT2D eigenvalue weighted by molar-refractivity contribution is 6.32. The number of aromatic nitrogens is 7. The molecule has 180 valence electrons. The van der Waals surface area contributed by atoms with E-state index in [-0.39, 0.29) is 5.69 Å². The third kappa shape index (κ3) is 4.27. The van der Waals surface area contributed by atoms with Crippen molar-refractivity contribution in [1.29, 1.82) is 0 Å². The zero-order chi connectivity index (χ0) is 24.4. The van der Waals surface area contributed by atoms with E-state index in [4.69, 9.17) is 11.6 Å². The van der Waals surface area contributed by atoms with Crippen LogP contribution in [0.25, 0.3) is 17.2 Å². The molecule has 10 heteroatoms. The topological polar surface area (TPSA) is 98.7 Å². The van der Waals surface area contributed by atoms with Crippen LogP contribution in [0.4, 0.5) is 0 Å². The number of rotatable bonds is 8. The Morgan fingerprint density at radius 2 is 2.14 bits per heavy atom. The average molecular weight is 491 g/mol. The molecule has 1 unspecified atom stereocenters.